The summed E-state index contributed by atoms with van der Waals surface area (Å²) in [7, 11) is 1.58. The summed E-state index contributed by atoms with van der Waals surface area (Å²) in [6, 6.07) is 14.8. The van der Waals surface area contributed by atoms with E-state index in [1.807, 2.05) is 38.1 Å². The number of amides is 3. The smallest absolute Gasteiger partial charge is 0.254 e. The molecular formula is C27H35N3O4. The van der Waals surface area contributed by atoms with Crippen LogP contribution in [0.2, 0.25) is 0 Å². The predicted octanol–water partition coefficient (Wildman–Crippen LogP) is 3.97. The Hall–Kier alpha value is -3.35. The Balaban J connectivity index is 1.67. The Morgan fingerprint density at radius 1 is 1.06 bits per heavy atom. The van der Waals surface area contributed by atoms with E-state index in [0.717, 1.165) is 19.3 Å². The summed E-state index contributed by atoms with van der Waals surface area (Å²) in [5, 5.41) is 0. The molecule has 0 radical (unpaired) electrons. The molecule has 182 valence electrons. The first-order valence-electron chi connectivity index (χ1n) is 11.9. The number of ether oxygens (including phenoxy) is 1. The fourth-order valence-electron chi connectivity index (χ4n) is 4.00. The molecule has 0 saturated carbocycles. The minimum atomic E-state index is -0.238. The summed E-state index contributed by atoms with van der Waals surface area (Å²) in [6.45, 7) is 6.76. The van der Waals surface area contributed by atoms with E-state index in [9.17, 15) is 14.4 Å². The summed E-state index contributed by atoms with van der Waals surface area (Å²) in [6.07, 6.45) is 3.23. The van der Waals surface area contributed by atoms with Crippen LogP contribution in [0.5, 0.6) is 5.75 Å². The molecule has 0 bridgehead atoms. The Labute approximate surface area is 202 Å². The Kier molecular flexibility index (Phi) is 8.68. The highest BCUT2D eigenvalue weighted by Crippen LogP contribution is 2.23. The highest BCUT2D eigenvalue weighted by Gasteiger charge is 2.33. The van der Waals surface area contributed by atoms with Crippen molar-refractivity contribution in [3.8, 4) is 5.75 Å². The number of hydrogen-bond donors (Lipinski definition) is 0. The second-order valence-corrected chi connectivity index (χ2v) is 9.13. The quantitative estimate of drug-likeness (QED) is 0.532. The van der Waals surface area contributed by atoms with Crippen molar-refractivity contribution >= 4 is 23.4 Å². The van der Waals surface area contributed by atoms with Crippen molar-refractivity contribution in [2.24, 2.45) is 5.92 Å². The third-order valence-corrected chi connectivity index (χ3v) is 5.89. The fraction of sp³-hybridized carbons (Fsp3) is 0.444. The van der Waals surface area contributed by atoms with Gasteiger partial charge in [0.05, 0.1) is 7.11 Å². The van der Waals surface area contributed by atoms with Gasteiger partial charge in [-0.2, -0.15) is 0 Å². The largest absolute Gasteiger partial charge is 0.497 e. The van der Waals surface area contributed by atoms with Crippen molar-refractivity contribution in [3.63, 3.8) is 0 Å². The molecule has 7 nitrogen and oxygen atoms in total. The Bertz CT molecular complexity index is 986. The number of anilines is 1. The van der Waals surface area contributed by atoms with Crippen LogP contribution < -0.4 is 9.64 Å². The van der Waals surface area contributed by atoms with Crippen LogP contribution in [-0.2, 0) is 16.0 Å². The summed E-state index contributed by atoms with van der Waals surface area (Å²) >= 11 is 0. The molecule has 0 aromatic heterocycles. The van der Waals surface area contributed by atoms with Crippen LogP contribution in [0.4, 0.5) is 5.69 Å². The predicted molar refractivity (Wildman–Crippen MR) is 133 cm³/mol. The van der Waals surface area contributed by atoms with Crippen molar-refractivity contribution in [3.05, 3.63) is 59.7 Å². The van der Waals surface area contributed by atoms with Crippen LogP contribution in [0.15, 0.2) is 48.5 Å². The topological polar surface area (TPSA) is 70.2 Å². The van der Waals surface area contributed by atoms with Gasteiger partial charge in [0.1, 0.15) is 25.5 Å². The lowest BCUT2D eigenvalue weighted by Crippen LogP contribution is -2.44. The average molecular weight is 466 g/mol. The van der Waals surface area contributed by atoms with Gasteiger partial charge in [-0.25, -0.2) is 0 Å². The molecule has 3 rings (SSSR count). The Morgan fingerprint density at radius 2 is 1.74 bits per heavy atom. The summed E-state index contributed by atoms with van der Waals surface area (Å²) in [5.74, 6) is 0.351. The second kappa shape index (κ2) is 11.7. The van der Waals surface area contributed by atoms with Gasteiger partial charge in [-0.3, -0.25) is 19.3 Å². The standard InChI is InChI=1S/C27H35N3O4/c1-5-6-7-21-8-10-22(11-9-21)27(33)28(16-20(2)3)17-25(31)29-18-26(32)30(19-29)23-12-14-24(34-4)15-13-23/h8-15,20H,5-7,16-19H2,1-4H3. The number of carbonyl (C=O) groups is 3. The van der Waals surface area contributed by atoms with E-state index in [1.54, 1.807) is 41.2 Å². The summed E-state index contributed by atoms with van der Waals surface area (Å²) in [4.78, 5) is 43.6. The number of rotatable bonds is 10. The number of unbranched alkanes of at least 4 members (excludes halogenated alkanes) is 1. The zero-order valence-corrected chi connectivity index (χ0v) is 20.6. The number of benzene rings is 2. The van der Waals surface area contributed by atoms with Crippen molar-refractivity contribution in [1.82, 2.24) is 9.80 Å². The molecule has 2 aromatic rings. The minimum absolute atomic E-state index is 0.000692. The van der Waals surface area contributed by atoms with Gasteiger partial charge < -0.3 is 14.5 Å². The van der Waals surface area contributed by atoms with Gasteiger partial charge in [0.2, 0.25) is 11.8 Å². The van der Waals surface area contributed by atoms with Crippen LogP contribution in [0.1, 0.15) is 49.5 Å². The van der Waals surface area contributed by atoms with E-state index in [2.05, 4.69) is 6.92 Å². The molecule has 0 aliphatic carbocycles. The molecule has 0 N–H and O–H groups in total. The monoisotopic (exact) mass is 465 g/mol. The maximum absolute atomic E-state index is 13.2. The normalized spacial score (nSPS) is 13.5. The van der Waals surface area contributed by atoms with Gasteiger partial charge in [-0.05, 0) is 60.7 Å². The van der Waals surface area contributed by atoms with Crippen molar-refractivity contribution in [1.29, 1.82) is 0 Å². The van der Waals surface area contributed by atoms with Crippen LogP contribution in [-0.4, -0.2) is 60.9 Å². The lowest BCUT2D eigenvalue weighted by Gasteiger charge is -2.26. The second-order valence-electron chi connectivity index (χ2n) is 9.13. The van der Waals surface area contributed by atoms with Gasteiger partial charge in [0.15, 0.2) is 0 Å². The lowest BCUT2D eigenvalue weighted by molar-refractivity contribution is -0.132. The molecule has 3 amide bonds. The molecular weight excluding hydrogens is 430 g/mol. The molecule has 2 aromatic carbocycles. The van der Waals surface area contributed by atoms with Gasteiger partial charge in [-0.1, -0.05) is 39.3 Å². The first-order valence-corrected chi connectivity index (χ1v) is 11.9. The number of nitrogens with zero attached hydrogens (tertiary/aromatic N) is 3. The molecule has 1 aliphatic heterocycles. The van der Waals surface area contributed by atoms with Gasteiger partial charge in [0, 0.05) is 17.8 Å². The van der Waals surface area contributed by atoms with E-state index < -0.39 is 0 Å². The first-order chi connectivity index (χ1) is 16.3. The highest BCUT2D eigenvalue weighted by atomic mass is 16.5. The van der Waals surface area contributed by atoms with Crippen molar-refractivity contribution in [2.45, 2.75) is 40.0 Å². The first kappa shape index (κ1) is 25.3. The number of methoxy groups -OCH3 is 1. The van der Waals surface area contributed by atoms with Crippen molar-refractivity contribution in [2.75, 3.05) is 38.3 Å². The molecule has 0 atom stereocenters. The van der Waals surface area contributed by atoms with Crippen LogP contribution in [0, 0.1) is 5.92 Å². The minimum Gasteiger partial charge on any atom is -0.497 e. The van der Waals surface area contributed by atoms with E-state index in [-0.39, 0.29) is 43.4 Å². The molecule has 1 aliphatic rings. The molecule has 0 spiro atoms. The molecule has 34 heavy (non-hydrogen) atoms. The molecule has 1 heterocycles. The maximum Gasteiger partial charge on any atom is 0.254 e. The Morgan fingerprint density at radius 3 is 2.32 bits per heavy atom. The SMILES string of the molecule is CCCCc1ccc(C(=O)N(CC(=O)N2CC(=O)N(c3ccc(OC)cc3)C2)CC(C)C)cc1. The number of hydrogen-bond acceptors (Lipinski definition) is 4. The van der Waals surface area contributed by atoms with E-state index >= 15 is 0 Å². The van der Waals surface area contributed by atoms with Gasteiger partial charge in [-0.15, -0.1) is 0 Å². The van der Waals surface area contributed by atoms with E-state index in [1.165, 1.54) is 10.5 Å². The summed E-state index contributed by atoms with van der Waals surface area (Å²) < 4.78 is 5.17. The molecule has 7 heteroatoms. The fourth-order valence-corrected chi connectivity index (χ4v) is 4.00. The van der Waals surface area contributed by atoms with Crippen LogP contribution in [0.25, 0.3) is 0 Å². The van der Waals surface area contributed by atoms with Gasteiger partial charge >= 0.3 is 0 Å². The van der Waals surface area contributed by atoms with Crippen LogP contribution >= 0.6 is 0 Å². The lowest BCUT2D eigenvalue weighted by atomic mass is 10.1. The third-order valence-electron chi connectivity index (χ3n) is 5.89. The van der Waals surface area contributed by atoms with E-state index in [0.29, 0.717) is 23.5 Å². The molecule has 1 saturated heterocycles. The summed E-state index contributed by atoms with van der Waals surface area (Å²) in [5.41, 5.74) is 2.49. The van der Waals surface area contributed by atoms with Gasteiger partial charge in [0.25, 0.3) is 5.91 Å². The third kappa shape index (κ3) is 6.37. The number of carbonyl (C=O) groups excluding carboxylic acids is 3. The van der Waals surface area contributed by atoms with Crippen molar-refractivity contribution < 1.29 is 19.1 Å². The average Bonchev–Trinajstić information content (AvgIpc) is 3.23. The molecule has 1 fully saturated rings. The highest BCUT2D eigenvalue weighted by molar-refractivity contribution is 6.01. The zero-order valence-electron chi connectivity index (χ0n) is 20.6. The molecule has 0 unspecified atom stereocenters. The van der Waals surface area contributed by atoms with E-state index in [4.69, 9.17) is 4.74 Å². The zero-order chi connectivity index (χ0) is 24.7. The maximum atomic E-state index is 13.2. The van der Waals surface area contributed by atoms with Crippen LogP contribution in [0.3, 0.4) is 0 Å². The number of aryl methyl sites for hydroxylation is 1.